The minimum Gasteiger partial charge on any atom is -0.396 e. The van der Waals surface area contributed by atoms with Gasteiger partial charge in [-0.25, -0.2) is 9.97 Å². The molecular formula is C13H20ClN3O. The zero-order valence-corrected chi connectivity index (χ0v) is 11.5. The maximum atomic E-state index is 9.15. The van der Waals surface area contributed by atoms with Crippen molar-refractivity contribution in [3.63, 3.8) is 0 Å². The highest BCUT2D eigenvalue weighted by molar-refractivity contribution is 6.29. The summed E-state index contributed by atoms with van der Waals surface area (Å²) in [6, 6.07) is 2.20. The average Bonchev–Trinajstić information content (AvgIpc) is 2.39. The second kappa shape index (κ2) is 6.34. The topological polar surface area (TPSA) is 49.2 Å². The Kier molecular flexibility index (Phi) is 4.78. The lowest BCUT2D eigenvalue weighted by Gasteiger charge is -2.36. The lowest BCUT2D eigenvalue weighted by atomic mass is 10.00. The van der Waals surface area contributed by atoms with E-state index in [1.165, 1.54) is 12.8 Å². The highest BCUT2D eigenvalue weighted by Crippen LogP contribution is 2.26. The molecule has 0 bridgehead atoms. The van der Waals surface area contributed by atoms with Crippen molar-refractivity contribution < 1.29 is 5.11 Å². The summed E-state index contributed by atoms with van der Waals surface area (Å²) in [7, 11) is 0. The number of aryl methyl sites for hydroxylation is 1. The number of hydrogen-bond acceptors (Lipinski definition) is 4. The Morgan fingerprint density at radius 2 is 2.28 bits per heavy atom. The van der Waals surface area contributed by atoms with Gasteiger partial charge < -0.3 is 10.0 Å². The molecule has 0 spiro atoms. The number of nitrogens with zero attached hydrogens (tertiary/aromatic N) is 3. The summed E-state index contributed by atoms with van der Waals surface area (Å²) in [5.74, 6) is 1.69. The van der Waals surface area contributed by atoms with Crippen LogP contribution in [0.4, 0.5) is 5.82 Å². The van der Waals surface area contributed by atoms with E-state index >= 15 is 0 Å². The van der Waals surface area contributed by atoms with Crippen LogP contribution in [-0.2, 0) is 6.42 Å². The van der Waals surface area contributed by atoms with Gasteiger partial charge in [-0.05, 0) is 25.7 Å². The molecule has 0 radical (unpaired) electrons. The Morgan fingerprint density at radius 3 is 3.00 bits per heavy atom. The molecule has 5 heteroatoms. The van der Waals surface area contributed by atoms with Gasteiger partial charge in [0.25, 0.3) is 0 Å². The van der Waals surface area contributed by atoms with Crippen molar-refractivity contribution in [2.24, 2.45) is 0 Å². The summed E-state index contributed by atoms with van der Waals surface area (Å²) in [6.45, 7) is 3.23. The van der Waals surface area contributed by atoms with E-state index in [4.69, 9.17) is 16.7 Å². The van der Waals surface area contributed by atoms with Gasteiger partial charge in [0.2, 0.25) is 0 Å². The van der Waals surface area contributed by atoms with E-state index in [0.717, 1.165) is 37.4 Å². The molecule has 2 rings (SSSR count). The predicted molar refractivity (Wildman–Crippen MR) is 73.1 cm³/mol. The number of aliphatic hydroxyl groups is 1. The third-order valence-electron chi connectivity index (χ3n) is 3.43. The van der Waals surface area contributed by atoms with Gasteiger partial charge in [0.05, 0.1) is 0 Å². The molecule has 0 aromatic carbocycles. The van der Waals surface area contributed by atoms with Crippen LogP contribution in [0.15, 0.2) is 6.07 Å². The Balaban J connectivity index is 2.24. The van der Waals surface area contributed by atoms with E-state index < -0.39 is 0 Å². The van der Waals surface area contributed by atoms with Crippen molar-refractivity contribution >= 4 is 17.4 Å². The third kappa shape index (κ3) is 3.12. The van der Waals surface area contributed by atoms with Crippen LogP contribution >= 0.6 is 11.6 Å². The third-order valence-corrected chi connectivity index (χ3v) is 3.62. The minimum atomic E-state index is 0.223. The van der Waals surface area contributed by atoms with E-state index in [1.807, 2.05) is 13.0 Å². The lowest BCUT2D eigenvalue weighted by Crippen LogP contribution is -2.40. The number of aliphatic hydroxyl groups excluding tert-OH is 1. The van der Waals surface area contributed by atoms with E-state index in [2.05, 4.69) is 14.9 Å². The zero-order chi connectivity index (χ0) is 13.0. The molecule has 1 unspecified atom stereocenters. The van der Waals surface area contributed by atoms with Gasteiger partial charge in [0, 0.05) is 31.7 Å². The van der Waals surface area contributed by atoms with Crippen molar-refractivity contribution in [1.29, 1.82) is 0 Å². The zero-order valence-electron chi connectivity index (χ0n) is 10.8. The van der Waals surface area contributed by atoms with Crippen molar-refractivity contribution in [2.45, 2.75) is 45.1 Å². The summed E-state index contributed by atoms with van der Waals surface area (Å²) in [6.07, 6.45) is 5.09. The molecule has 1 aromatic rings. The Hall–Kier alpha value is -0.870. The molecule has 1 aliphatic rings. The first-order valence-electron chi connectivity index (χ1n) is 6.65. The molecule has 4 nitrogen and oxygen atoms in total. The summed E-state index contributed by atoms with van der Waals surface area (Å²) in [5, 5.41) is 9.66. The maximum absolute atomic E-state index is 9.15. The van der Waals surface area contributed by atoms with Crippen LogP contribution in [0, 0.1) is 0 Å². The average molecular weight is 270 g/mol. The minimum absolute atomic E-state index is 0.223. The first-order chi connectivity index (χ1) is 8.74. The SMILES string of the molecule is CCc1nc(Cl)cc(N2CCCCC2CCO)n1. The van der Waals surface area contributed by atoms with Crippen LogP contribution in [-0.4, -0.2) is 34.3 Å². The van der Waals surface area contributed by atoms with E-state index in [-0.39, 0.29) is 6.61 Å². The van der Waals surface area contributed by atoms with Gasteiger partial charge in [-0.15, -0.1) is 0 Å². The largest absolute Gasteiger partial charge is 0.396 e. The van der Waals surface area contributed by atoms with Crippen molar-refractivity contribution in [3.05, 3.63) is 17.0 Å². The number of hydrogen-bond donors (Lipinski definition) is 1. The van der Waals surface area contributed by atoms with Crippen LogP contribution in [0.25, 0.3) is 0 Å². The summed E-state index contributed by atoms with van der Waals surface area (Å²) in [4.78, 5) is 11.0. The van der Waals surface area contributed by atoms with E-state index in [1.54, 1.807) is 0 Å². The Morgan fingerprint density at radius 1 is 1.44 bits per heavy atom. The second-order valence-electron chi connectivity index (χ2n) is 4.67. The second-order valence-corrected chi connectivity index (χ2v) is 5.06. The van der Waals surface area contributed by atoms with Crippen LogP contribution in [0.5, 0.6) is 0 Å². The van der Waals surface area contributed by atoms with Gasteiger partial charge in [-0.3, -0.25) is 0 Å². The fourth-order valence-corrected chi connectivity index (χ4v) is 2.70. The van der Waals surface area contributed by atoms with Gasteiger partial charge in [-0.1, -0.05) is 18.5 Å². The van der Waals surface area contributed by atoms with Gasteiger partial charge in [-0.2, -0.15) is 0 Å². The number of aromatic nitrogens is 2. The van der Waals surface area contributed by atoms with E-state index in [9.17, 15) is 0 Å². The fourth-order valence-electron chi connectivity index (χ4n) is 2.51. The van der Waals surface area contributed by atoms with Crippen LogP contribution in [0.3, 0.4) is 0 Å². The first kappa shape index (κ1) is 13.6. The molecular weight excluding hydrogens is 250 g/mol. The molecule has 1 N–H and O–H groups in total. The summed E-state index contributed by atoms with van der Waals surface area (Å²) < 4.78 is 0. The number of piperidine rings is 1. The molecule has 1 aromatic heterocycles. The lowest BCUT2D eigenvalue weighted by molar-refractivity contribution is 0.262. The molecule has 18 heavy (non-hydrogen) atoms. The van der Waals surface area contributed by atoms with Crippen molar-refractivity contribution in [1.82, 2.24) is 9.97 Å². The van der Waals surface area contributed by atoms with E-state index in [0.29, 0.717) is 11.2 Å². The van der Waals surface area contributed by atoms with Crippen LogP contribution in [0.2, 0.25) is 5.15 Å². The Bertz CT molecular complexity index is 398. The first-order valence-corrected chi connectivity index (χ1v) is 7.03. The molecule has 1 aliphatic heterocycles. The smallest absolute Gasteiger partial charge is 0.134 e. The quantitative estimate of drug-likeness (QED) is 0.853. The monoisotopic (exact) mass is 269 g/mol. The predicted octanol–water partition coefficient (Wildman–Crippen LogP) is 2.43. The molecule has 0 saturated carbocycles. The van der Waals surface area contributed by atoms with Gasteiger partial charge >= 0.3 is 0 Å². The van der Waals surface area contributed by atoms with Crippen molar-refractivity contribution in [2.75, 3.05) is 18.1 Å². The molecule has 0 aliphatic carbocycles. The normalized spacial score (nSPS) is 20.2. The molecule has 2 heterocycles. The summed E-state index contributed by atoms with van der Waals surface area (Å²) in [5.41, 5.74) is 0. The van der Waals surface area contributed by atoms with Crippen LogP contribution in [0.1, 0.15) is 38.4 Å². The number of anilines is 1. The number of halogens is 1. The fraction of sp³-hybridized carbons (Fsp3) is 0.692. The number of rotatable bonds is 4. The highest BCUT2D eigenvalue weighted by atomic mass is 35.5. The van der Waals surface area contributed by atoms with Crippen LogP contribution < -0.4 is 4.90 Å². The highest BCUT2D eigenvalue weighted by Gasteiger charge is 2.23. The molecule has 100 valence electrons. The molecule has 0 amide bonds. The molecule has 1 atom stereocenters. The molecule has 1 saturated heterocycles. The summed E-state index contributed by atoms with van der Waals surface area (Å²) >= 11 is 6.05. The van der Waals surface area contributed by atoms with Gasteiger partial charge in [0.1, 0.15) is 16.8 Å². The van der Waals surface area contributed by atoms with Crippen molar-refractivity contribution in [3.8, 4) is 0 Å². The maximum Gasteiger partial charge on any atom is 0.134 e. The molecule has 1 fully saturated rings. The standard InChI is InChI=1S/C13H20ClN3O/c1-2-12-15-11(14)9-13(16-12)17-7-4-3-5-10(17)6-8-18/h9-10,18H,2-8H2,1H3. The Labute approximate surface area is 113 Å². The van der Waals surface area contributed by atoms with Gasteiger partial charge in [0.15, 0.2) is 0 Å².